The van der Waals surface area contributed by atoms with Gasteiger partial charge in [-0.05, 0) is 61.5 Å². The molecule has 0 unspecified atom stereocenters. The van der Waals surface area contributed by atoms with Crippen LogP contribution in [-0.4, -0.2) is 30.6 Å². The van der Waals surface area contributed by atoms with E-state index in [9.17, 15) is 4.79 Å². The van der Waals surface area contributed by atoms with Crippen molar-refractivity contribution in [3.63, 3.8) is 0 Å². The molecular weight excluding hydrogens is 426 g/mol. The maximum absolute atomic E-state index is 12.7. The van der Waals surface area contributed by atoms with Gasteiger partial charge in [0.15, 0.2) is 5.82 Å². The van der Waals surface area contributed by atoms with Crippen molar-refractivity contribution in [2.75, 3.05) is 5.32 Å². The lowest BCUT2D eigenvalue weighted by Crippen LogP contribution is -2.15. The number of nitrogens with zero attached hydrogens (tertiary/aromatic N) is 6. The lowest BCUT2D eigenvalue weighted by molar-refractivity contribution is -0.115. The van der Waals surface area contributed by atoms with Crippen LogP contribution >= 0.6 is 0 Å². The van der Waals surface area contributed by atoms with Gasteiger partial charge in [0, 0.05) is 29.3 Å². The molecule has 5 rings (SSSR count). The van der Waals surface area contributed by atoms with E-state index < -0.39 is 0 Å². The molecule has 1 N–H and O–H groups in total. The first-order chi connectivity index (χ1) is 16.6. The molecule has 8 nitrogen and oxygen atoms in total. The zero-order valence-electron chi connectivity index (χ0n) is 18.3. The van der Waals surface area contributed by atoms with Gasteiger partial charge in [0.05, 0.1) is 40.5 Å². The number of aromatic nitrogens is 5. The predicted octanol–water partition coefficient (Wildman–Crippen LogP) is 4.24. The zero-order valence-corrected chi connectivity index (χ0v) is 18.3. The molecule has 0 bridgehead atoms. The third-order valence-corrected chi connectivity index (χ3v) is 5.26. The van der Waals surface area contributed by atoms with Crippen molar-refractivity contribution in [1.29, 1.82) is 5.26 Å². The molecule has 0 atom stereocenters. The summed E-state index contributed by atoms with van der Waals surface area (Å²) in [6.07, 6.45) is 3.40. The average Bonchev–Trinajstić information content (AvgIpc) is 3.28. The fraction of sp³-hybridized carbons (Fsp3) is 0.0769. The van der Waals surface area contributed by atoms with Gasteiger partial charge in [0.25, 0.3) is 0 Å². The van der Waals surface area contributed by atoms with Crippen LogP contribution in [0, 0.1) is 18.3 Å². The van der Waals surface area contributed by atoms with Crippen molar-refractivity contribution >= 4 is 22.6 Å². The van der Waals surface area contributed by atoms with Gasteiger partial charge in [0.2, 0.25) is 5.91 Å². The number of nitrogens with one attached hydrogen (secondary N) is 1. The first kappa shape index (κ1) is 21.0. The van der Waals surface area contributed by atoms with E-state index in [1.54, 1.807) is 41.3 Å². The molecule has 1 amide bonds. The number of benzene rings is 2. The van der Waals surface area contributed by atoms with Gasteiger partial charge in [-0.15, -0.1) is 0 Å². The van der Waals surface area contributed by atoms with Crippen molar-refractivity contribution in [2.24, 2.45) is 0 Å². The van der Waals surface area contributed by atoms with E-state index in [1.807, 2.05) is 49.4 Å². The number of nitriles is 1. The van der Waals surface area contributed by atoms with Crippen LogP contribution in [-0.2, 0) is 11.2 Å². The molecule has 0 saturated carbocycles. The van der Waals surface area contributed by atoms with Crippen molar-refractivity contribution in [3.8, 4) is 23.1 Å². The molecule has 3 heterocycles. The minimum atomic E-state index is -0.206. The van der Waals surface area contributed by atoms with E-state index in [1.165, 1.54) is 0 Å². The van der Waals surface area contributed by atoms with Gasteiger partial charge in [-0.1, -0.05) is 12.1 Å². The van der Waals surface area contributed by atoms with Crippen LogP contribution in [0.25, 0.3) is 28.1 Å². The maximum atomic E-state index is 12.7. The van der Waals surface area contributed by atoms with E-state index in [4.69, 9.17) is 10.4 Å². The van der Waals surface area contributed by atoms with Crippen LogP contribution in [0.4, 0.5) is 5.69 Å². The summed E-state index contributed by atoms with van der Waals surface area (Å²) in [4.78, 5) is 26.1. The second-order valence-electron chi connectivity index (χ2n) is 7.74. The fourth-order valence-electron chi connectivity index (χ4n) is 3.66. The van der Waals surface area contributed by atoms with Gasteiger partial charge < -0.3 is 5.32 Å². The summed E-state index contributed by atoms with van der Waals surface area (Å²) in [7, 11) is 0. The highest BCUT2D eigenvalue weighted by molar-refractivity contribution is 5.92. The smallest absolute Gasteiger partial charge is 0.230 e. The van der Waals surface area contributed by atoms with Crippen molar-refractivity contribution in [1.82, 2.24) is 24.7 Å². The Bertz CT molecular complexity index is 1550. The van der Waals surface area contributed by atoms with Crippen LogP contribution in [0.5, 0.6) is 0 Å². The summed E-state index contributed by atoms with van der Waals surface area (Å²) >= 11 is 0. The number of fused-ring (bicyclic) bond motifs is 1. The number of amides is 1. The molecule has 0 radical (unpaired) electrons. The summed E-state index contributed by atoms with van der Waals surface area (Å²) < 4.78 is 1.74. The third-order valence-electron chi connectivity index (χ3n) is 5.26. The zero-order chi connectivity index (χ0) is 23.5. The summed E-state index contributed by atoms with van der Waals surface area (Å²) in [6.45, 7) is 1.92. The lowest BCUT2D eigenvalue weighted by atomic mass is 10.1. The summed E-state index contributed by atoms with van der Waals surface area (Å²) in [5, 5.41) is 16.5. The maximum Gasteiger partial charge on any atom is 0.230 e. The molecule has 0 spiro atoms. The Balaban J connectivity index is 1.49. The van der Waals surface area contributed by atoms with E-state index >= 15 is 0 Å². The van der Waals surface area contributed by atoms with Gasteiger partial charge in [-0.3, -0.25) is 14.8 Å². The molecule has 164 valence electrons. The van der Waals surface area contributed by atoms with E-state index in [0.29, 0.717) is 22.8 Å². The second-order valence-corrected chi connectivity index (χ2v) is 7.74. The summed E-state index contributed by atoms with van der Waals surface area (Å²) in [5.41, 5.74) is 5.88. The number of rotatable bonds is 5. The molecule has 0 fully saturated rings. The number of hydrogen-bond acceptors (Lipinski definition) is 6. The topological polar surface area (TPSA) is 109 Å². The van der Waals surface area contributed by atoms with Crippen LogP contribution in [0.1, 0.15) is 17.0 Å². The predicted molar refractivity (Wildman–Crippen MR) is 128 cm³/mol. The van der Waals surface area contributed by atoms with E-state index in [2.05, 4.69) is 26.3 Å². The van der Waals surface area contributed by atoms with Crippen LogP contribution < -0.4 is 5.32 Å². The summed E-state index contributed by atoms with van der Waals surface area (Å²) in [6, 6.07) is 22.2. The second kappa shape index (κ2) is 8.92. The quantitative estimate of drug-likeness (QED) is 0.433. The minimum absolute atomic E-state index is 0.0825. The highest BCUT2D eigenvalue weighted by Crippen LogP contribution is 2.26. The Labute approximate surface area is 195 Å². The van der Waals surface area contributed by atoms with Gasteiger partial charge in [-0.25, -0.2) is 9.67 Å². The summed E-state index contributed by atoms with van der Waals surface area (Å²) in [5.74, 6) is 0.454. The SMILES string of the molecule is Cc1cccc(-n2nc(CC(=O)Nc3ccc(C#N)cc3)cc2-c2ccc3nccnc3c2)n1. The normalized spacial score (nSPS) is 10.7. The number of anilines is 1. The van der Waals surface area contributed by atoms with Gasteiger partial charge in [-0.2, -0.15) is 10.4 Å². The number of carbonyl (C=O) groups excluding carboxylic acids is 1. The van der Waals surface area contributed by atoms with Crippen molar-refractivity contribution in [2.45, 2.75) is 13.3 Å². The molecule has 0 aliphatic heterocycles. The Morgan fingerprint density at radius 3 is 2.56 bits per heavy atom. The standard InChI is InChI=1S/C26H19N7O/c1-17-3-2-4-25(30-17)33-24(19-7-10-22-23(13-19)29-12-11-28-22)14-21(32-33)15-26(34)31-20-8-5-18(16-27)6-9-20/h2-14H,15H2,1H3,(H,31,34). The Hall–Kier alpha value is -4.90. The Morgan fingerprint density at radius 2 is 1.79 bits per heavy atom. The molecular formula is C26H19N7O. The molecule has 0 aliphatic rings. The monoisotopic (exact) mass is 445 g/mol. The molecule has 0 saturated heterocycles. The molecule has 8 heteroatoms. The van der Waals surface area contributed by atoms with Crippen LogP contribution in [0.2, 0.25) is 0 Å². The van der Waals surface area contributed by atoms with Crippen molar-refractivity contribution in [3.05, 3.63) is 96.1 Å². The number of aryl methyl sites for hydroxylation is 1. The molecule has 0 aliphatic carbocycles. The first-order valence-electron chi connectivity index (χ1n) is 10.6. The van der Waals surface area contributed by atoms with Crippen molar-refractivity contribution < 1.29 is 4.79 Å². The highest BCUT2D eigenvalue weighted by atomic mass is 16.1. The number of hydrogen-bond donors (Lipinski definition) is 1. The van der Waals surface area contributed by atoms with E-state index in [0.717, 1.165) is 28.0 Å². The average molecular weight is 445 g/mol. The van der Waals surface area contributed by atoms with E-state index in [-0.39, 0.29) is 12.3 Å². The minimum Gasteiger partial charge on any atom is -0.326 e. The fourth-order valence-corrected chi connectivity index (χ4v) is 3.66. The highest BCUT2D eigenvalue weighted by Gasteiger charge is 2.16. The molecule has 34 heavy (non-hydrogen) atoms. The Kier molecular flexibility index (Phi) is 5.50. The first-order valence-corrected chi connectivity index (χ1v) is 10.6. The number of pyridine rings is 1. The Morgan fingerprint density at radius 1 is 1.00 bits per heavy atom. The number of carbonyl (C=O) groups is 1. The molecule has 5 aromatic rings. The largest absolute Gasteiger partial charge is 0.326 e. The molecule has 2 aromatic carbocycles. The van der Waals surface area contributed by atoms with Crippen LogP contribution in [0.3, 0.4) is 0 Å². The van der Waals surface area contributed by atoms with Gasteiger partial charge in [0.1, 0.15) is 0 Å². The molecule has 3 aromatic heterocycles. The lowest BCUT2D eigenvalue weighted by Gasteiger charge is -2.08. The third kappa shape index (κ3) is 4.36. The van der Waals surface area contributed by atoms with Crippen LogP contribution in [0.15, 0.2) is 79.1 Å². The van der Waals surface area contributed by atoms with Gasteiger partial charge >= 0.3 is 0 Å².